The number of nitrogens with zero attached hydrogens (tertiary/aromatic N) is 4. The summed E-state index contributed by atoms with van der Waals surface area (Å²) in [5.41, 5.74) is 3.65. The molecule has 1 fully saturated rings. The molecule has 0 bridgehead atoms. The third-order valence-electron chi connectivity index (χ3n) is 8.26. The van der Waals surface area contributed by atoms with Crippen LogP contribution in [0.3, 0.4) is 0 Å². The van der Waals surface area contributed by atoms with Crippen LogP contribution < -0.4 is 15.4 Å². The van der Waals surface area contributed by atoms with E-state index < -0.39 is 11.9 Å². The van der Waals surface area contributed by atoms with E-state index in [9.17, 15) is 15.0 Å². The summed E-state index contributed by atoms with van der Waals surface area (Å²) in [6.45, 7) is 3.82. The van der Waals surface area contributed by atoms with Crippen molar-refractivity contribution in [2.75, 3.05) is 0 Å². The minimum atomic E-state index is -0.799. The molecule has 0 saturated heterocycles. The van der Waals surface area contributed by atoms with Gasteiger partial charge in [0.25, 0.3) is 5.56 Å². The Hall–Kier alpha value is -4.83. The van der Waals surface area contributed by atoms with Gasteiger partial charge in [0, 0.05) is 17.5 Å². The van der Waals surface area contributed by atoms with E-state index in [1.807, 2.05) is 31.2 Å². The summed E-state index contributed by atoms with van der Waals surface area (Å²) in [7, 11) is 0. The number of ether oxygens (including phenoxy) is 1. The average Bonchev–Trinajstić information content (AvgIpc) is 3.48. The van der Waals surface area contributed by atoms with Crippen molar-refractivity contribution in [1.29, 1.82) is 0 Å². The van der Waals surface area contributed by atoms with Gasteiger partial charge in [0.1, 0.15) is 17.4 Å². The van der Waals surface area contributed by atoms with E-state index in [0.29, 0.717) is 57.2 Å². The van der Waals surface area contributed by atoms with Crippen LogP contribution >= 0.6 is 0 Å². The Morgan fingerprint density at radius 1 is 1.02 bits per heavy atom. The molecule has 0 radical (unpaired) electrons. The van der Waals surface area contributed by atoms with Crippen molar-refractivity contribution in [2.24, 2.45) is 0 Å². The Balaban J connectivity index is 1.30. The number of hydrogen-bond acceptors (Lipinski definition) is 8. The highest BCUT2D eigenvalue weighted by molar-refractivity contribution is 5.80. The van der Waals surface area contributed by atoms with E-state index in [0.717, 1.165) is 32.1 Å². The molecule has 5 aromatic rings. The summed E-state index contributed by atoms with van der Waals surface area (Å²) in [5.74, 6) is 0.921. The van der Waals surface area contributed by atoms with Crippen LogP contribution in [0, 0.1) is 12.7 Å². The van der Waals surface area contributed by atoms with Gasteiger partial charge >= 0.3 is 0 Å². The second-order valence-electron chi connectivity index (χ2n) is 11.4. The molecule has 0 amide bonds. The van der Waals surface area contributed by atoms with Crippen molar-refractivity contribution in [3.63, 3.8) is 0 Å². The van der Waals surface area contributed by atoms with Crippen molar-refractivity contribution in [1.82, 2.24) is 19.7 Å². The van der Waals surface area contributed by atoms with Crippen LogP contribution in [0.5, 0.6) is 11.8 Å². The maximum atomic E-state index is 15.7. The zero-order valence-corrected chi connectivity index (χ0v) is 25.2. The summed E-state index contributed by atoms with van der Waals surface area (Å²) in [6.07, 6.45) is 3.54. The van der Waals surface area contributed by atoms with Crippen LogP contribution in [0.4, 0.5) is 4.39 Å². The highest BCUT2D eigenvalue weighted by atomic mass is 19.1. The first-order valence-electron chi connectivity index (χ1n) is 15.3. The smallest absolute Gasteiger partial charge is 0.261 e. The lowest BCUT2D eigenvalue weighted by Gasteiger charge is -2.26. The van der Waals surface area contributed by atoms with Gasteiger partial charge in [-0.05, 0) is 86.1 Å². The minimum Gasteiger partial charge on any atom is -0.528 e. The fraction of sp³-hybridized carbons (Fsp3) is 0.314. The molecule has 9 nitrogen and oxygen atoms in total. The summed E-state index contributed by atoms with van der Waals surface area (Å²) in [6, 6.07) is 19.3. The van der Waals surface area contributed by atoms with Gasteiger partial charge in [0.15, 0.2) is 11.9 Å². The van der Waals surface area contributed by atoms with E-state index in [1.165, 1.54) is 6.07 Å². The molecule has 0 atom stereocenters. The van der Waals surface area contributed by atoms with Gasteiger partial charge in [0.05, 0.1) is 23.6 Å². The lowest BCUT2D eigenvalue weighted by molar-refractivity contribution is -0.303. The third-order valence-corrected chi connectivity index (χ3v) is 8.26. The van der Waals surface area contributed by atoms with E-state index in [4.69, 9.17) is 9.72 Å². The molecule has 10 heteroatoms. The van der Waals surface area contributed by atoms with Crippen LogP contribution in [-0.2, 0) is 12.8 Å². The summed E-state index contributed by atoms with van der Waals surface area (Å²) < 4.78 is 28.0. The second kappa shape index (κ2) is 13.0. The van der Waals surface area contributed by atoms with Gasteiger partial charge in [-0.15, -0.1) is 0 Å². The van der Waals surface area contributed by atoms with Crippen LogP contribution in [-0.4, -0.2) is 37.0 Å². The van der Waals surface area contributed by atoms with Gasteiger partial charge < -0.3 is 19.5 Å². The van der Waals surface area contributed by atoms with Gasteiger partial charge in [-0.3, -0.25) is 9.36 Å². The quantitative estimate of drug-likeness (QED) is 0.226. The van der Waals surface area contributed by atoms with Crippen molar-refractivity contribution >= 4 is 0 Å². The molecule has 2 heterocycles. The molecule has 0 unspecified atom stereocenters. The first-order valence-corrected chi connectivity index (χ1v) is 15.3. The van der Waals surface area contributed by atoms with E-state index in [1.54, 1.807) is 47.9 Å². The molecule has 6 rings (SSSR count). The highest BCUT2D eigenvalue weighted by Gasteiger charge is 2.22. The topological polar surface area (TPSA) is 126 Å². The second-order valence-corrected chi connectivity index (χ2v) is 11.4. The molecule has 3 aromatic carbocycles. The first-order chi connectivity index (χ1) is 21.8. The van der Waals surface area contributed by atoms with Crippen LogP contribution in [0.2, 0.25) is 0 Å². The zero-order chi connectivity index (χ0) is 31.5. The lowest BCUT2D eigenvalue weighted by atomic mass is 9.95. The zero-order valence-electron chi connectivity index (χ0n) is 25.2. The van der Waals surface area contributed by atoms with Crippen molar-refractivity contribution in [2.45, 2.75) is 71.0 Å². The predicted octanol–water partition coefficient (Wildman–Crippen LogP) is 5.70. The minimum absolute atomic E-state index is 0.0600. The monoisotopic (exact) mass is 609 g/mol. The number of aromatic nitrogens is 4. The SMILES string of the molecule is CCCc1nc(C)n(-c2ccc(OC3CCC(O)CC3)cc2)c(=O)c1Cc1ccc(-c2ccccc2-c2noc([O-])n2)cc1F. The number of aryl methyl sites for hydroxylation is 2. The number of rotatable bonds is 9. The van der Waals surface area contributed by atoms with Crippen LogP contribution in [0.15, 0.2) is 76.0 Å². The van der Waals surface area contributed by atoms with Gasteiger partial charge in [-0.1, -0.05) is 49.7 Å². The van der Waals surface area contributed by atoms with E-state index >= 15 is 4.39 Å². The summed E-state index contributed by atoms with van der Waals surface area (Å²) in [4.78, 5) is 22.6. The Bertz CT molecular complexity index is 1860. The Morgan fingerprint density at radius 3 is 2.42 bits per heavy atom. The first kappa shape index (κ1) is 30.2. The molecule has 0 spiro atoms. The molecule has 2 aromatic heterocycles. The standard InChI is InChI=1S/C35H35FN4O5/c1-3-6-32-30(19-23-10-9-22(20-31(23)36)28-7-4-5-8-29(28)33-38-35(43)45-39-33)34(42)40(21(2)37-32)24-11-15-26(16-12-24)44-27-17-13-25(41)14-18-27/h4-5,7-12,15-16,20,25,27,41H,3,6,13-14,17-19H2,1-2H3,(H,38,39,43)/p-1. The normalized spacial score (nSPS) is 16.5. The molecular weight excluding hydrogens is 575 g/mol. The summed E-state index contributed by atoms with van der Waals surface area (Å²) in [5, 5.41) is 25.0. The number of benzene rings is 3. The van der Waals surface area contributed by atoms with Gasteiger partial charge in [-0.2, -0.15) is 5.16 Å². The average molecular weight is 610 g/mol. The number of hydrogen-bond donors (Lipinski definition) is 1. The molecule has 0 aliphatic heterocycles. The number of aliphatic hydroxyl groups excluding tert-OH is 1. The fourth-order valence-corrected chi connectivity index (χ4v) is 5.97. The summed E-state index contributed by atoms with van der Waals surface area (Å²) >= 11 is 0. The fourth-order valence-electron chi connectivity index (χ4n) is 5.97. The molecule has 45 heavy (non-hydrogen) atoms. The highest BCUT2D eigenvalue weighted by Crippen LogP contribution is 2.32. The maximum absolute atomic E-state index is 15.7. The molecule has 1 aliphatic rings. The Labute approximate surface area is 260 Å². The van der Waals surface area contributed by atoms with Crippen molar-refractivity contribution < 1.29 is 23.9 Å². The molecule has 232 valence electrons. The van der Waals surface area contributed by atoms with Crippen LogP contribution in [0.1, 0.15) is 61.7 Å². The molecular formula is C35H34FN4O5-. The van der Waals surface area contributed by atoms with E-state index in [-0.39, 0.29) is 30.0 Å². The van der Waals surface area contributed by atoms with E-state index in [2.05, 4.69) is 14.7 Å². The number of aliphatic hydroxyl groups is 1. The predicted molar refractivity (Wildman–Crippen MR) is 165 cm³/mol. The molecule has 1 saturated carbocycles. The molecule has 1 aliphatic carbocycles. The Morgan fingerprint density at radius 2 is 1.76 bits per heavy atom. The Kier molecular flexibility index (Phi) is 8.75. The van der Waals surface area contributed by atoms with Crippen molar-refractivity contribution in [3.05, 3.63) is 106 Å². The van der Waals surface area contributed by atoms with Crippen LogP contribution in [0.25, 0.3) is 28.2 Å². The lowest BCUT2D eigenvalue weighted by Crippen LogP contribution is -2.28. The third kappa shape index (κ3) is 6.51. The number of halogens is 1. The molecule has 1 N–H and O–H groups in total. The maximum Gasteiger partial charge on any atom is 0.261 e. The largest absolute Gasteiger partial charge is 0.528 e. The van der Waals surface area contributed by atoms with Gasteiger partial charge in [0.2, 0.25) is 0 Å². The van der Waals surface area contributed by atoms with Gasteiger partial charge in [-0.25, -0.2) is 14.4 Å². The van der Waals surface area contributed by atoms with Crippen molar-refractivity contribution in [3.8, 4) is 40.0 Å².